The number of nitrogens with zero attached hydrogens (tertiary/aromatic N) is 8. The third kappa shape index (κ3) is 4.15. The number of rotatable bonds is 6. The topological polar surface area (TPSA) is 76.6 Å². The fraction of sp³-hybridized carbons (Fsp3) is 0.571. The average Bonchev–Trinajstić information content (AvgIpc) is 3.25. The van der Waals surface area contributed by atoms with Gasteiger partial charge in [-0.05, 0) is 70.1 Å². The molecule has 1 aromatic carbocycles. The second-order valence-corrected chi connectivity index (χ2v) is 11.8. The van der Waals surface area contributed by atoms with E-state index >= 15 is 0 Å². The summed E-state index contributed by atoms with van der Waals surface area (Å²) in [6.45, 7) is 10.2. The summed E-state index contributed by atoms with van der Waals surface area (Å²) in [5.74, 6) is 3.20. The minimum Gasteiger partial charge on any atom is -0.376 e. The normalized spacial score (nSPS) is 25.6. The van der Waals surface area contributed by atoms with Crippen LogP contribution in [0.1, 0.15) is 57.0 Å². The van der Waals surface area contributed by atoms with Gasteiger partial charge < -0.3 is 14.2 Å². The van der Waals surface area contributed by atoms with Gasteiger partial charge in [-0.1, -0.05) is 23.7 Å². The van der Waals surface area contributed by atoms with E-state index < -0.39 is 0 Å². The van der Waals surface area contributed by atoms with E-state index in [-0.39, 0.29) is 12.1 Å². The van der Waals surface area contributed by atoms with E-state index in [1.807, 2.05) is 16.5 Å². The lowest BCUT2D eigenvalue weighted by Gasteiger charge is -2.48. The van der Waals surface area contributed by atoms with Crippen LogP contribution in [0.5, 0.6) is 0 Å². The number of fused-ring (bicyclic) bond motifs is 3. The van der Waals surface area contributed by atoms with Gasteiger partial charge in [0.25, 0.3) is 5.78 Å². The zero-order valence-electron chi connectivity index (χ0n) is 22.3. The molecular formula is C28H35ClN8O. The lowest BCUT2D eigenvalue weighted by atomic mass is 9.96. The summed E-state index contributed by atoms with van der Waals surface area (Å²) in [6.07, 6.45) is 6.74. The minimum atomic E-state index is 0.212. The Morgan fingerprint density at radius 1 is 1.05 bits per heavy atom. The summed E-state index contributed by atoms with van der Waals surface area (Å²) in [5.41, 5.74) is 3.29. The van der Waals surface area contributed by atoms with Gasteiger partial charge >= 0.3 is 0 Å². The van der Waals surface area contributed by atoms with Gasteiger partial charge in [0.2, 0.25) is 0 Å². The largest absolute Gasteiger partial charge is 0.376 e. The molecule has 200 valence electrons. The molecule has 0 radical (unpaired) electrons. The number of ether oxygens (including phenoxy) is 1. The van der Waals surface area contributed by atoms with E-state index in [9.17, 15) is 0 Å². The number of hydrogen-bond acceptors (Lipinski definition) is 7. The maximum absolute atomic E-state index is 6.22. The highest BCUT2D eigenvalue weighted by Crippen LogP contribution is 2.46. The van der Waals surface area contributed by atoms with Crippen molar-refractivity contribution in [3.8, 4) is 0 Å². The van der Waals surface area contributed by atoms with E-state index in [0.717, 1.165) is 66.9 Å². The van der Waals surface area contributed by atoms with Gasteiger partial charge in [-0.3, -0.25) is 4.90 Å². The summed E-state index contributed by atoms with van der Waals surface area (Å²) in [5, 5.41) is 9.34. The average molecular weight is 535 g/mol. The molecule has 1 aliphatic carbocycles. The second kappa shape index (κ2) is 9.47. The molecule has 9 nitrogen and oxygen atoms in total. The number of anilines is 1. The van der Waals surface area contributed by atoms with Crippen molar-refractivity contribution in [2.45, 2.75) is 77.2 Å². The number of hydrogen-bond donors (Lipinski definition) is 0. The second-order valence-electron chi connectivity index (χ2n) is 11.4. The molecule has 3 aliphatic rings. The summed E-state index contributed by atoms with van der Waals surface area (Å²) in [4.78, 5) is 15.2. The van der Waals surface area contributed by atoms with E-state index in [2.05, 4.69) is 57.5 Å². The molecule has 0 amide bonds. The Hall–Kier alpha value is -2.75. The van der Waals surface area contributed by atoms with Crippen LogP contribution in [0, 0.1) is 12.8 Å². The standard InChI is InChI=1S/C28H35ClN8O/c1-17-14-35(18(2)13-34(17)25(20-6-7-20)21-8-10-22(29)11-9-21)26-24-27(37-16-30-33-28(37)32-26)36(19(3)31-24)15-23-5-4-12-38-23/h8-11,16-18,20,23,25H,4-7,12-15H2,1-3H3/t17-,18+,23+,25?/m1/s1. The number of piperazine rings is 1. The van der Waals surface area contributed by atoms with Crippen molar-refractivity contribution in [2.24, 2.45) is 5.92 Å². The van der Waals surface area contributed by atoms with Crippen LogP contribution in [0.3, 0.4) is 0 Å². The first-order valence-electron chi connectivity index (χ1n) is 13.9. The fourth-order valence-corrected chi connectivity index (χ4v) is 6.73. The molecule has 7 rings (SSSR count). The van der Waals surface area contributed by atoms with Gasteiger partial charge in [0.1, 0.15) is 17.7 Å². The Kier molecular flexibility index (Phi) is 6.05. The van der Waals surface area contributed by atoms with Crippen molar-refractivity contribution in [2.75, 3.05) is 24.6 Å². The molecule has 0 N–H and O–H groups in total. The Balaban J connectivity index is 1.24. The van der Waals surface area contributed by atoms with Crippen LogP contribution in [0.15, 0.2) is 30.6 Å². The highest BCUT2D eigenvalue weighted by Gasteiger charge is 2.42. The molecule has 1 unspecified atom stereocenters. The lowest BCUT2D eigenvalue weighted by molar-refractivity contribution is 0.0963. The van der Waals surface area contributed by atoms with Crippen molar-refractivity contribution >= 4 is 34.4 Å². The quantitative estimate of drug-likeness (QED) is 0.356. The Bertz CT molecular complexity index is 1460. The van der Waals surface area contributed by atoms with Crippen LogP contribution in [0.2, 0.25) is 5.02 Å². The first-order valence-corrected chi connectivity index (χ1v) is 14.3. The van der Waals surface area contributed by atoms with Crippen molar-refractivity contribution in [3.63, 3.8) is 0 Å². The highest BCUT2D eigenvalue weighted by molar-refractivity contribution is 6.30. The van der Waals surface area contributed by atoms with Gasteiger partial charge in [-0.25, -0.2) is 9.38 Å². The molecule has 3 aromatic heterocycles. The van der Waals surface area contributed by atoms with Crippen molar-refractivity contribution in [1.29, 1.82) is 0 Å². The first-order chi connectivity index (χ1) is 18.5. The van der Waals surface area contributed by atoms with Crippen LogP contribution in [-0.4, -0.2) is 71.9 Å². The molecule has 5 heterocycles. The Morgan fingerprint density at radius 2 is 1.87 bits per heavy atom. The predicted molar refractivity (Wildman–Crippen MR) is 148 cm³/mol. The third-order valence-electron chi connectivity index (χ3n) is 8.66. The van der Waals surface area contributed by atoms with Crippen LogP contribution in [0.4, 0.5) is 5.82 Å². The number of imidazole rings is 1. The minimum absolute atomic E-state index is 0.212. The van der Waals surface area contributed by atoms with Crippen molar-refractivity contribution in [1.82, 2.24) is 34.0 Å². The molecule has 2 aliphatic heterocycles. The summed E-state index contributed by atoms with van der Waals surface area (Å²) >= 11 is 6.22. The summed E-state index contributed by atoms with van der Waals surface area (Å²) in [7, 11) is 0. The maximum Gasteiger partial charge on any atom is 0.258 e. The molecule has 0 bridgehead atoms. The summed E-state index contributed by atoms with van der Waals surface area (Å²) in [6, 6.07) is 9.52. The molecule has 2 saturated heterocycles. The molecule has 4 aromatic rings. The van der Waals surface area contributed by atoms with Crippen LogP contribution < -0.4 is 4.90 Å². The van der Waals surface area contributed by atoms with E-state index in [1.165, 1.54) is 18.4 Å². The third-order valence-corrected chi connectivity index (χ3v) is 8.91. The zero-order chi connectivity index (χ0) is 26.0. The van der Waals surface area contributed by atoms with Crippen LogP contribution >= 0.6 is 11.6 Å². The Morgan fingerprint density at radius 3 is 2.61 bits per heavy atom. The van der Waals surface area contributed by atoms with E-state index in [1.54, 1.807) is 6.33 Å². The van der Waals surface area contributed by atoms with Gasteiger partial charge in [0.05, 0.1) is 12.6 Å². The summed E-state index contributed by atoms with van der Waals surface area (Å²) < 4.78 is 10.2. The number of aromatic nitrogens is 6. The lowest BCUT2D eigenvalue weighted by Crippen LogP contribution is -2.58. The predicted octanol–water partition coefficient (Wildman–Crippen LogP) is 4.67. The van der Waals surface area contributed by atoms with Crippen LogP contribution in [-0.2, 0) is 11.3 Å². The maximum atomic E-state index is 6.22. The number of benzene rings is 1. The smallest absolute Gasteiger partial charge is 0.258 e. The van der Waals surface area contributed by atoms with Crippen LogP contribution in [0.25, 0.3) is 16.9 Å². The van der Waals surface area contributed by atoms with E-state index in [4.69, 9.17) is 26.3 Å². The molecule has 3 fully saturated rings. The molecule has 1 saturated carbocycles. The molecule has 4 atom stereocenters. The monoisotopic (exact) mass is 534 g/mol. The SMILES string of the molecule is Cc1nc2c(N3C[C@@H](C)N(C(c4ccc(Cl)cc4)C4CC4)C[C@@H]3C)nc3nncn3c2n1C[C@@H]1CCCO1. The number of aryl methyl sites for hydroxylation is 1. The first kappa shape index (κ1) is 24.3. The fourth-order valence-electron chi connectivity index (χ4n) is 6.60. The van der Waals surface area contributed by atoms with Gasteiger partial charge in [-0.15, -0.1) is 10.2 Å². The van der Waals surface area contributed by atoms with Crippen molar-refractivity contribution < 1.29 is 4.74 Å². The molecule has 10 heteroatoms. The van der Waals surface area contributed by atoms with Crippen molar-refractivity contribution in [3.05, 3.63) is 47.0 Å². The molecular weight excluding hydrogens is 500 g/mol. The molecule has 0 spiro atoms. The highest BCUT2D eigenvalue weighted by atomic mass is 35.5. The van der Waals surface area contributed by atoms with Gasteiger partial charge in [-0.2, -0.15) is 4.98 Å². The van der Waals surface area contributed by atoms with E-state index in [0.29, 0.717) is 23.8 Å². The Labute approximate surface area is 227 Å². The zero-order valence-corrected chi connectivity index (χ0v) is 23.1. The number of halogens is 1. The van der Waals surface area contributed by atoms with Gasteiger partial charge in [0.15, 0.2) is 11.5 Å². The van der Waals surface area contributed by atoms with Gasteiger partial charge in [0, 0.05) is 42.8 Å². The molecule has 38 heavy (non-hydrogen) atoms.